The third kappa shape index (κ3) is 4.10. The maximum absolute atomic E-state index is 11.6. The van der Waals surface area contributed by atoms with Crippen LogP contribution in [0.1, 0.15) is 37.4 Å². The maximum Gasteiger partial charge on any atom is 0.234 e. The Hall–Kier alpha value is -1.43. The highest BCUT2D eigenvalue weighted by molar-refractivity contribution is 5.78. The number of hydrogen-bond donors (Lipinski definition) is 2. The van der Waals surface area contributed by atoms with E-state index in [-0.39, 0.29) is 5.91 Å². The summed E-state index contributed by atoms with van der Waals surface area (Å²) in [7, 11) is 0. The molecule has 18 heavy (non-hydrogen) atoms. The van der Waals surface area contributed by atoms with Crippen molar-refractivity contribution in [1.82, 2.24) is 20.8 Å². The summed E-state index contributed by atoms with van der Waals surface area (Å²) in [4.78, 5) is 15.7. The number of nitrogens with zero attached hydrogens (tertiary/aromatic N) is 2. The van der Waals surface area contributed by atoms with Crippen LogP contribution in [0.3, 0.4) is 0 Å². The second-order valence-electron chi connectivity index (χ2n) is 4.71. The number of amides is 1. The Morgan fingerprint density at radius 1 is 1.44 bits per heavy atom. The predicted octanol–water partition coefficient (Wildman–Crippen LogP) is 0.569. The van der Waals surface area contributed by atoms with Gasteiger partial charge in [-0.15, -0.1) is 0 Å². The van der Waals surface area contributed by atoms with E-state index in [2.05, 4.69) is 20.8 Å². The highest BCUT2D eigenvalue weighted by Crippen LogP contribution is 2.17. The fourth-order valence-electron chi connectivity index (χ4n) is 2.19. The van der Waals surface area contributed by atoms with Crippen molar-refractivity contribution in [3.63, 3.8) is 0 Å². The van der Waals surface area contributed by atoms with Crippen LogP contribution >= 0.6 is 0 Å². The van der Waals surface area contributed by atoms with Crippen molar-refractivity contribution in [1.29, 1.82) is 0 Å². The van der Waals surface area contributed by atoms with Crippen molar-refractivity contribution in [2.75, 3.05) is 13.1 Å². The molecule has 0 aliphatic heterocycles. The van der Waals surface area contributed by atoms with Crippen molar-refractivity contribution in [2.45, 2.75) is 45.1 Å². The van der Waals surface area contributed by atoms with Crippen molar-refractivity contribution >= 4 is 5.91 Å². The normalized spacial score (nSPS) is 16.1. The Bertz CT molecular complexity index is 385. The van der Waals surface area contributed by atoms with Gasteiger partial charge in [-0.2, -0.15) is 4.98 Å². The molecular formula is C12H20N4O2. The van der Waals surface area contributed by atoms with Crippen LogP contribution < -0.4 is 10.6 Å². The SMILES string of the molecule is Cc1noc(CCNCC(=O)NC2CCCC2)n1. The van der Waals surface area contributed by atoms with Gasteiger partial charge in [0.25, 0.3) is 0 Å². The molecule has 0 atom stereocenters. The number of aryl methyl sites for hydroxylation is 1. The van der Waals surface area contributed by atoms with Gasteiger partial charge in [-0.05, 0) is 19.8 Å². The fourth-order valence-corrected chi connectivity index (χ4v) is 2.19. The monoisotopic (exact) mass is 252 g/mol. The van der Waals surface area contributed by atoms with Crippen LogP contribution in [-0.2, 0) is 11.2 Å². The first-order valence-corrected chi connectivity index (χ1v) is 6.53. The lowest BCUT2D eigenvalue weighted by molar-refractivity contribution is -0.120. The van der Waals surface area contributed by atoms with Crippen LogP contribution in [0.25, 0.3) is 0 Å². The molecule has 1 aliphatic carbocycles. The third-order valence-electron chi connectivity index (χ3n) is 3.09. The molecule has 0 spiro atoms. The number of nitrogens with one attached hydrogen (secondary N) is 2. The number of aromatic nitrogens is 2. The highest BCUT2D eigenvalue weighted by atomic mass is 16.5. The van der Waals surface area contributed by atoms with E-state index >= 15 is 0 Å². The van der Waals surface area contributed by atoms with E-state index in [9.17, 15) is 4.79 Å². The van der Waals surface area contributed by atoms with Crippen LogP contribution in [-0.4, -0.2) is 35.2 Å². The molecule has 6 nitrogen and oxygen atoms in total. The lowest BCUT2D eigenvalue weighted by Crippen LogP contribution is -2.39. The molecule has 6 heteroatoms. The van der Waals surface area contributed by atoms with Gasteiger partial charge >= 0.3 is 0 Å². The van der Waals surface area contributed by atoms with Gasteiger partial charge in [0.15, 0.2) is 5.82 Å². The Morgan fingerprint density at radius 3 is 2.89 bits per heavy atom. The summed E-state index contributed by atoms with van der Waals surface area (Å²) in [5, 5.41) is 9.81. The van der Waals surface area contributed by atoms with E-state index in [1.54, 1.807) is 6.92 Å². The zero-order chi connectivity index (χ0) is 12.8. The second kappa shape index (κ2) is 6.49. The number of carbonyl (C=O) groups excluding carboxylic acids is 1. The summed E-state index contributed by atoms with van der Waals surface area (Å²) in [6, 6.07) is 0.387. The Kier molecular flexibility index (Phi) is 4.69. The molecule has 1 heterocycles. The molecule has 0 saturated heterocycles. The summed E-state index contributed by atoms with van der Waals surface area (Å²) < 4.78 is 4.98. The number of hydrogen-bond acceptors (Lipinski definition) is 5. The van der Waals surface area contributed by atoms with Crippen LogP contribution in [0, 0.1) is 6.92 Å². The maximum atomic E-state index is 11.6. The first-order chi connectivity index (χ1) is 8.74. The van der Waals surface area contributed by atoms with Crippen LogP contribution in [0.4, 0.5) is 0 Å². The van der Waals surface area contributed by atoms with Gasteiger partial charge in [0.1, 0.15) is 0 Å². The van der Waals surface area contributed by atoms with Gasteiger partial charge in [-0.1, -0.05) is 18.0 Å². The van der Waals surface area contributed by atoms with E-state index < -0.39 is 0 Å². The van der Waals surface area contributed by atoms with E-state index in [1.165, 1.54) is 12.8 Å². The van der Waals surface area contributed by atoms with Crippen molar-refractivity contribution in [2.24, 2.45) is 0 Å². The molecule has 1 fully saturated rings. The van der Waals surface area contributed by atoms with E-state index in [0.29, 0.717) is 37.3 Å². The largest absolute Gasteiger partial charge is 0.352 e. The van der Waals surface area contributed by atoms with Gasteiger partial charge in [0.2, 0.25) is 11.8 Å². The average Bonchev–Trinajstić information content (AvgIpc) is 2.96. The van der Waals surface area contributed by atoms with Crippen molar-refractivity contribution in [3.8, 4) is 0 Å². The van der Waals surface area contributed by atoms with Crippen LogP contribution in [0.5, 0.6) is 0 Å². The minimum atomic E-state index is 0.0728. The molecule has 1 saturated carbocycles. The van der Waals surface area contributed by atoms with Gasteiger partial charge in [0, 0.05) is 19.0 Å². The minimum absolute atomic E-state index is 0.0728. The summed E-state index contributed by atoms with van der Waals surface area (Å²) in [5.74, 6) is 1.32. The number of rotatable bonds is 6. The summed E-state index contributed by atoms with van der Waals surface area (Å²) in [5.41, 5.74) is 0. The third-order valence-corrected chi connectivity index (χ3v) is 3.09. The molecule has 0 radical (unpaired) electrons. The lowest BCUT2D eigenvalue weighted by Gasteiger charge is -2.11. The van der Waals surface area contributed by atoms with Crippen molar-refractivity contribution < 1.29 is 9.32 Å². The Labute approximate surface area is 107 Å². The summed E-state index contributed by atoms with van der Waals surface area (Å²) in [6.45, 7) is 2.80. The zero-order valence-electron chi connectivity index (χ0n) is 10.7. The number of carbonyl (C=O) groups is 1. The molecule has 1 aliphatic rings. The van der Waals surface area contributed by atoms with Gasteiger partial charge in [-0.25, -0.2) is 0 Å². The van der Waals surface area contributed by atoms with E-state index in [4.69, 9.17) is 4.52 Å². The first kappa shape index (κ1) is 13.0. The molecule has 1 aromatic rings. The minimum Gasteiger partial charge on any atom is -0.352 e. The average molecular weight is 252 g/mol. The second-order valence-corrected chi connectivity index (χ2v) is 4.71. The molecule has 1 aromatic heterocycles. The van der Waals surface area contributed by atoms with Crippen molar-refractivity contribution in [3.05, 3.63) is 11.7 Å². The quantitative estimate of drug-likeness (QED) is 0.723. The summed E-state index contributed by atoms with van der Waals surface area (Å²) in [6.07, 6.45) is 5.35. The predicted molar refractivity (Wildman–Crippen MR) is 66.0 cm³/mol. The van der Waals surface area contributed by atoms with E-state index in [1.807, 2.05) is 0 Å². The molecule has 2 rings (SSSR count). The zero-order valence-corrected chi connectivity index (χ0v) is 10.7. The Morgan fingerprint density at radius 2 is 2.22 bits per heavy atom. The van der Waals surface area contributed by atoms with Gasteiger partial charge < -0.3 is 15.2 Å². The highest BCUT2D eigenvalue weighted by Gasteiger charge is 2.16. The topological polar surface area (TPSA) is 80.0 Å². The molecule has 0 aromatic carbocycles. The van der Waals surface area contributed by atoms with Gasteiger partial charge in [-0.3, -0.25) is 4.79 Å². The van der Waals surface area contributed by atoms with Crippen LogP contribution in [0.2, 0.25) is 0 Å². The smallest absolute Gasteiger partial charge is 0.234 e. The molecule has 100 valence electrons. The van der Waals surface area contributed by atoms with Crippen LogP contribution in [0.15, 0.2) is 4.52 Å². The summed E-state index contributed by atoms with van der Waals surface area (Å²) >= 11 is 0. The Balaban J connectivity index is 1.56. The fraction of sp³-hybridized carbons (Fsp3) is 0.750. The molecule has 0 bridgehead atoms. The standard InChI is InChI=1S/C12H20N4O2/c1-9-14-12(18-16-9)6-7-13-8-11(17)15-10-4-2-3-5-10/h10,13H,2-8H2,1H3,(H,15,17). The molecule has 1 amide bonds. The molecule has 0 unspecified atom stereocenters. The lowest BCUT2D eigenvalue weighted by atomic mass is 10.2. The van der Waals surface area contributed by atoms with E-state index in [0.717, 1.165) is 12.8 Å². The first-order valence-electron chi connectivity index (χ1n) is 6.53. The molecular weight excluding hydrogens is 232 g/mol. The molecule has 2 N–H and O–H groups in total. The van der Waals surface area contributed by atoms with Gasteiger partial charge in [0.05, 0.1) is 6.54 Å².